The monoisotopic (exact) mass is 637 g/mol. The number of hydrogen-bond acceptors (Lipinski definition) is 5. The lowest BCUT2D eigenvalue weighted by Crippen LogP contribution is -2.55. The summed E-state index contributed by atoms with van der Waals surface area (Å²) in [6.45, 7) is 5.15. The highest BCUT2D eigenvalue weighted by Gasteiger charge is 2.45. The van der Waals surface area contributed by atoms with Crippen molar-refractivity contribution in [3.8, 4) is 11.4 Å². The molecule has 2 amide bonds. The number of nitrogens with one attached hydrogen (secondary N) is 1. The van der Waals surface area contributed by atoms with E-state index in [-0.39, 0.29) is 12.1 Å². The minimum Gasteiger partial charge on any atom is -0.493 e. The number of aryl methyl sites for hydroxylation is 1. The van der Waals surface area contributed by atoms with E-state index in [4.69, 9.17) is 9.84 Å². The van der Waals surface area contributed by atoms with E-state index < -0.39 is 41.3 Å². The minimum absolute atomic E-state index is 0.212. The van der Waals surface area contributed by atoms with Crippen LogP contribution in [0.1, 0.15) is 52.0 Å². The molecule has 1 aromatic heterocycles. The highest BCUT2D eigenvalue weighted by Crippen LogP contribution is 2.43. The Labute approximate surface area is 264 Å². The molecule has 1 N–H and O–H groups in total. The first kappa shape index (κ1) is 32.7. The number of carbonyl (C=O) groups excluding carboxylic acids is 2. The molecule has 1 aliphatic heterocycles. The molecule has 8 nitrogen and oxygen atoms in total. The summed E-state index contributed by atoms with van der Waals surface area (Å²) in [6.07, 6.45) is -3.82. The van der Waals surface area contributed by atoms with Crippen LogP contribution in [0.25, 0.3) is 5.69 Å². The van der Waals surface area contributed by atoms with Gasteiger partial charge in [-0.25, -0.2) is 9.07 Å². The summed E-state index contributed by atoms with van der Waals surface area (Å²) < 4.78 is 61.9. The van der Waals surface area contributed by atoms with Gasteiger partial charge in [-0.3, -0.25) is 14.5 Å². The van der Waals surface area contributed by atoms with E-state index in [1.165, 1.54) is 35.2 Å². The number of hydrogen-bond donors (Lipinski definition) is 1. The molecule has 0 radical (unpaired) electrons. The molecular weight excluding hydrogens is 602 g/mol. The smallest absolute Gasteiger partial charge is 0.416 e. The van der Waals surface area contributed by atoms with Gasteiger partial charge >= 0.3 is 6.18 Å². The van der Waals surface area contributed by atoms with Crippen LogP contribution in [0.4, 0.5) is 23.4 Å². The molecule has 0 aliphatic carbocycles. The zero-order chi connectivity index (χ0) is 33.2. The van der Waals surface area contributed by atoms with E-state index in [1.807, 2.05) is 38.4 Å². The van der Waals surface area contributed by atoms with Crippen LogP contribution in [0.3, 0.4) is 0 Å². The third-order valence-corrected chi connectivity index (χ3v) is 7.88. The molecular formula is C34H35F4N5O3. The van der Waals surface area contributed by atoms with Gasteiger partial charge in [-0.1, -0.05) is 24.3 Å². The first-order chi connectivity index (χ1) is 21.9. The lowest BCUT2D eigenvalue weighted by Gasteiger charge is -2.38. The summed E-state index contributed by atoms with van der Waals surface area (Å²) in [5.41, 5.74) is 1.13. The number of benzene rings is 3. The van der Waals surface area contributed by atoms with Crippen molar-refractivity contribution >= 4 is 17.6 Å². The summed E-state index contributed by atoms with van der Waals surface area (Å²) in [5.74, 6) is -1.53. The van der Waals surface area contributed by atoms with Crippen molar-refractivity contribution in [1.29, 1.82) is 0 Å². The van der Waals surface area contributed by atoms with Gasteiger partial charge in [-0.15, -0.1) is 0 Å². The Balaban J connectivity index is 1.57. The zero-order valence-corrected chi connectivity index (χ0v) is 25.9. The van der Waals surface area contributed by atoms with Crippen LogP contribution in [-0.2, 0) is 11.0 Å². The number of nitrogens with zero attached hydrogens (tertiary/aromatic N) is 4. The van der Waals surface area contributed by atoms with Crippen molar-refractivity contribution in [3.63, 3.8) is 0 Å². The van der Waals surface area contributed by atoms with Crippen molar-refractivity contribution in [1.82, 2.24) is 20.0 Å². The second-order valence-corrected chi connectivity index (χ2v) is 11.4. The highest BCUT2D eigenvalue weighted by atomic mass is 19.4. The minimum atomic E-state index is -4.65. The van der Waals surface area contributed by atoms with E-state index >= 15 is 0 Å². The lowest BCUT2D eigenvalue weighted by molar-refractivity contribution is -0.137. The van der Waals surface area contributed by atoms with Crippen LogP contribution in [-0.4, -0.2) is 66.3 Å². The normalized spacial score (nSPS) is 16.5. The molecule has 3 aromatic carbocycles. The van der Waals surface area contributed by atoms with Crippen LogP contribution in [0.5, 0.6) is 5.75 Å². The summed E-state index contributed by atoms with van der Waals surface area (Å²) in [5, 5.41) is 7.51. The molecule has 0 fully saturated rings. The number of alkyl halides is 3. The summed E-state index contributed by atoms with van der Waals surface area (Å²) in [6, 6.07) is 15.7. The molecule has 12 heteroatoms. The second-order valence-electron chi connectivity index (χ2n) is 11.4. The molecule has 242 valence electrons. The molecule has 5 rings (SSSR count). The fraction of sp³-hybridized carbons (Fsp3) is 0.324. The van der Waals surface area contributed by atoms with Gasteiger partial charge in [0.25, 0.3) is 11.8 Å². The Kier molecular flexibility index (Phi) is 9.47. The summed E-state index contributed by atoms with van der Waals surface area (Å²) in [4.78, 5) is 31.2. The van der Waals surface area contributed by atoms with Crippen LogP contribution >= 0.6 is 0 Å². The van der Waals surface area contributed by atoms with Crippen molar-refractivity contribution in [2.24, 2.45) is 0 Å². The highest BCUT2D eigenvalue weighted by molar-refractivity contribution is 6.05. The Morgan fingerprint density at radius 1 is 1.04 bits per heavy atom. The third kappa shape index (κ3) is 6.76. The Hall–Kier alpha value is -4.71. The van der Waals surface area contributed by atoms with Crippen molar-refractivity contribution in [2.45, 2.75) is 38.4 Å². The van der Waals surface area contributed by atoms with Gasteiger partial charge < -0.3 is 15.0 Å². The molecule has 46 heavy (non-hydrogen) atoms. The van der Waals surface area contributed by atoms with Gasteiger partial charge in [0.1, 0.15) is 23.4 Å². The first-order valence-corrected chi connectivity index (χ1v) is 14.9. The van der Waals surface area contributed by atoms with Crippen LogP contribution in [0.2, 0.25) is 0 Å². The number of halogens is 4. The van der Waals surface area contributed by atoms with Crippen LogP contribution in [0.15, 0.2) is 72.8 Å². The molecule has 0 saturated carbocycles. The lowest BCUT2D eigenvalue weighted by atomic mass is 9.81. The Morgan fingerprint density at radius 3 is 2.43 bits per heavy atom. The maximum Gasteiger partial charge on any atom is 0.416 e. The molecule has 0 spiro atoms. The van der Waals surface area contributed by atoms with Crippen molar-refractivity contribution in [3.05, 3.63) is 107 Å². The number of likely N-dealkylation sites (N-methyl/N-ethyl adjacent to an activating group) is 1. The first-order valence-electron chi connectivity index (χ1n) is 14.9. The SMILES string of the molecule is CCN1C(=O)[C@@H](NC(=O)c2cccc(C(F)(F)F)c2)[C@H](c2ccc(F)cc2)c2c(C)nn(-c3cccc(OCCCN(C)C)c3)c21. The van der Waals surface area contributed by atoms with Gasteiger partial charge in [0, 0.05) is 36.2 Å². The predicted octanol–water partition coefficient (Wildman–Crippen LogP) is 5.97. The van der Waals surface area contributed by atoms with Crippen molar-refractivity contribution < 1.29 is 31.9 Å². The number of rotatable bonds is 10. The van der Waals surface area contributed by atoms with Crippen molar-refractivity contribution in [2.75, 3.05) is 38.7 Å². The zero-order valence-electron chi connectivity index (χ0n) is 25.9. The average molecular weight is 638 g/mol. The number of ether oxygens (including phenoxy) is 1. The fourth-order valence-corrected chi connectivity index (χ4v) is 5.73. The van der Waals surface area contributed by atoms with Gasteiger partial charge in [-0.2, -0.15) is 18.3 Å². The molecule has 4 aromatic rings. The average Bonchev–Trinajstić information content (AvgIpc) is 3.36. The maximum absolute atomic E-state index is 14.2. The van der Waals surface area contributed by atoms with E-state index in [0.29, 0.717) is 40.7 Å². The molecule has 2 heterocycles. The topological polar surface area (TPSA) is 79.7 Å². The summed E-state index contributed by atoms with van der Waals surface area (Å²) >= 11 is 0. The molecule has 0 unspecified atom stereocenters. The number of aromatic nitrogens is 2. The summed E-state index contributed by atoms with van der Waals surface area (Å²) in [7, 11) is 3.98. The van der Waals surface area contributed by atoms with Gasteiger partial charge in [0.2, 0.25) is 0 Å². The Bertz CT molecular complexity index is 1720. The maximum atomic E-state index is 14.2. The number of carbonyl (C=O) groups is 2. The fourth-order valence-electron chi connectivity index (χ4n) is 5.73. The van der Waals surface area contributed by atoms with Crippen LogP contribution in [0, 0.1) is 12.7 Å². The molecule has 2 atom stereocenters. The van der Waals surface area contributed by atoms with E-state index in [9.17, 15) is 27.2 Å². The van der Waals surface area contributed by atoms with Gasteiger partial charge in [-0.05, 0) is 82.4 Å². The van der Waals surface area contributed by atoms with Gasteiger partial charge in [0.15, 0.2) is 0 Å². The number of fused-ring (bicyclic) bond motifs is 1. The molecule has 0 saturated heterocycles. The largest absolute Gasteiger partial charge is 0.493 e. The molecule has 1 aliphatic rings. The number of amides is 2. The van der Waals surface area contributed by atoms with E-state index in [2.05, 4.69) is 10.2 Å². The standard InChI is InChI=1S/C34H35F4N5O3/c1-5-42-32-28(21(2)40-43(32)26-11-7-12-27(20-26)46-18-8-17-41(3)4)29(22-13-15-25(35)16-14-22)30(33(42)45)39-31(44)23-9-6-10-24(19-23)34(36,37)38/h6-7,9-16,19-20,29-30H,5,8,17-18H2,1-4H3,(H,39,44)/t29-,30+/m1/s1. The second kappa shape index (κ2) is 13.3. The predicted molar refractivity (Wildman–Crippen MR) is 166 cm³/mol. The van der Waals surface area contributed by atoms with E-state index in [1.54, 1.807) is 18.5 Å². The van der Waals surface area contributed by atoms with Gasteiger partial charge in [0.05, 0.1) is 23.6 Å². The Morgan fingerprint density at radius 2 is 1.76 bits per heavy atom. The quantitative estimate of drug-likeness (QED) is 0.171. The molecule has 0 bridgehead atoms. The number of anilines is 1. The van der Waals surface area contributed by atoms with E-state index in [0.717, 1.165) is 31.2 Å². The van der Waals surface area contributed by atoms with Crippen LogP contribution < -0.4 is 15.0 Å². The third-order valence-electron chi connectivity index (χ3n) is 7.88.